The van der Waals surface area contributed by atoms with Crippen molar-refractivity contribution in [3.05, 3.63) is 26.8 Å². The van der Waals surface area contributed by atoms with Crippen molar-refractivity contribution in [3.8, 4) is 0 Å². The molecule has 2 rings (SSSR count). The molecule has 0 aromatic carbocycles. The summed E-state index contributed by atoms with van der Waals surface area (Å²) in [7, 11) is 0. The molecule has 0 aliphatic rings. The smallest absolute Gasteiger partial charge is 0.270 e. The molecule has 96 valence electrons. The molecular weight excluding hydrogens is 274 g/mol. The molecule has 2 heterocycles. The molecule has 8 heteroatoms. The minimum absolute atomic E-state index is 0.123. The second-order valence-electron chi connectivity index (χ2n) is 3.69. The van der Waals surface area contributed by atoms with Crippen LogP contribution in [0.25, 0.3) is 0 Å². The first kappa shape index (κ1) is 12.8. The summed E-state index contributed by atoms with van der Waals surface area (Å²) in [5, 5.41) is 12.0. The van der Waals surface area contributed by atoms with Crippen molar-refractivity contribution < 1.29 is 4.79 Å². The Hall–Kier alpha value is -1.60. The summed E-state index contributed by atoms with van der Waals surface area (Å²) in [4.78, 5) is 16.0. The summed E-state index contributed by atoms with van der Waals surface area (Å²) >= 11 is 7.39. The quantitative estimate of drug-likeness (QED) is 0.791. The van der Waals surface area contributed by atoms with E-state index >= 15 is 0 Å². The number of rotatable bonds is 4. The molecule has 18 heavy (non-hydrogen) atoms. The van der Waals surface area contributed by atoms with Crippen molar-refractivity contribution in [1.82, 2.24) is 20.5 Å². The number of carbonyl (C=O) groups is 1. The van der Waals surface area contributed by atoms with Gasteiger partial charge in [0.25, 0.3) is 5.91 Å². The molecule has 6 nitrogen and oxygen atoms in total. The first-order chi connectivity index (χ1) is 8.58. The van der Waals surface area contributed by atoms with Crippen molar-refractivity contribution in [2.45, 2.75) is 13.3 Å². The van der Waals surface area contributed by atoms with Crippen LogP contribution >= 0.6 is 22.9 Å². The number of hydrogen-bond donors (Lipinski definition) is 3. The minimum Gasteiger partial charge on any atom is -0.381 e. The molecule has 4 N–H and O–H groups in total. The van der Waals surface area contributed by atoms with E-state index in [0.29, 0.717) is 13.0 Å². The van der Waals surface area contributed by atoms with Crippen LogP contribution in [0.2, 0.25) is 5.02 Å². The number of aromatic amines is 1. The number of nitrogen functional groups attached to an aromatic ring is 1. The van der Waals surface area contributed by atoms with E-state index < -0.39 is 0 Å². The summed E-state index contributed by atoms with van der Waals surface area (Å²) in [5.41, 5.74) is 6.61. The molecule has 0 unspecified atom stereocenters. The average Bonchev–Trinajstić information content (AvgIpc) is 2.87. The number of nitrogens with two attached hydrogens (primary N) is 1. The number of aromatic nitrogens is 3. The monoisotopic (exact) mass is 285 g/mol. The second-order valence-corrected chi connectivity index (χ2v) is 5.01. The van der Waals surface area contributed by atoms with Crippen molar-refractivity contribution in [2.75, 3.05) is 12.3 Å². The molecule has 0 radical (unpaired) electrons. The third-order valence-electron chi connectivity index (χ3n) is 2.25. The molecule has 0 fully saturated rings. The summed E-state index contributed by atoms with van der Waals surface area (Å²) in [6, 6.07) is 0. The summed E-state index contributed by atoms with van der Waals surface area (Å²) in [5.74, 6) is -0.199. The van der Waals surface area contributed by atoms with Gasteiger partial charge in [-0.3, -0.25) is 9.89 Å². The topological polar surface area (TPSA) is 96.7 Å². The highest BCUT2D eigenvalue weighted by Crippen LogP contribution is 2.19. The number of halogens is 1. The van der Waals surface area contributed by atoms with Gasteiger partial charge in [0.2, 0.25) is 0 Å². The summed E-state index contributed by atoms with van der Waals surface area (Å²) < 4.78 is 0. The maximum Gasteiger partial charge on any atom is 0.270 e. The normalized spacial score (nSPS) is 10.6. The van der Waals surface area contributed by atoms with Crippen LogP contribution in [0.15, 0.2) is 5.38 Å². The fourth-order valence-corrected chi connectivity index (χ4v) is 2.33. The SMILES string of the molecule is Cc1csc(CCNC(=O)c2[nH]nc(N)c2Cl)n1. The lowest BCUT2D eigenvalue weighted by molar-refractivity contribution is 0.0949. The van der Waals surface area contributed by atoms with Crippen molar-refractivity contribution in [1.29, 1.82) is 0 Å². The van der Waals surface area contributed by atoms with E-state index in [9.17, 15) is 4.79 Å². The fourth-order valence-electron chi connectivity index (χ4n) is 1.38. The zero-order chi connectivity index (χ0) is 13.1. The lowest BCUT2D eigenvalue weighted by atomic mass is 10.3. The third-order valence-corrected chi connectivity index (χ3v) is 3.66. The van der Waals surface area contributed by atoms with Gasteiger partial charge in [0.15, 0.2) is 5.82 Å². The number of H-pyrrole nitrogens is 1. The van der Waals surface area contributed by atoms with Gasteiger partial charge in [-0.2, -0.15) is 5.10 Å². The number of nitrogens with one attached hydrogen (secondary N) is 2. The van der Waals surface area contributed by atoms with Gasteiger partial charge in [-0.05, 0) is 6.92 Å². The molecule has 0 bridgehead atoms. The number of thiazole rings is 1. The number of anilines is 1. The molecular formula is C10H12ClN5OS. The van der Waals surface area contributed by atoms with E-state index in [1.54, 1.807) is 11.3 Å². The van der Waals surface area contributed by atoms with Crippen molar-refractivity contribution in [2.24, 2.45) is 0 Å². The number of amides is 1. The van der Waals surface area contributed by atoms with E-state index in [0.717, 1.165) is 10.7 Å². The summed E-state index contributed by atoms with van der Waals surface area (Å²) in [6.07, 6.45) is 0.686. The molecule has 0 aliphatic heterocycles. The Bertz CT molecular complexity index is 564. The highest BCUT2D eigenvalue weighted by Gasteiger charge is 2.15. The lowest BCUT2D eigenvalue weighted by Crippen LogP contribution is -2.26. The molecule has 0 aliphatic carbocycles. The first-order valence-corrected chi connectivity index (χ1v) is 6.52. The lowest BCUT2D eigenvalue weighted by Gasteiger charge is -2.01. The van der Waals surface area contributed by atoms with Gasteiger partial charge >= 0.3 is 0 Å². The van der Waals surface area contributed by atoms with E-state index in [-0.39, 0.29) is 22.4 Å². The number of nitrogens with zero attached hydrogens (tertiary/aromatic N) is 2. The van der Waals surface area contributed by atoms with Crippen LogP contribution in [0, 0.1) is 6.92 Å². The molecule has 0 atom stereocenters. The largest absolute Gasteiger partial charge is 0.381 e. The van der Waals surface area contributed by atoms with Crippen LogP contribution in [-0.4, -0.2) is 27.6 Å². The summed E-state index contributed by atoms with van der Waals surface area (Å²) in [6.45, 7) is 2.42. The predicted octanol–water partition coefficient (Wildman–Crippen LogP) is 1.38. The Balaban J connectivity index is 1.87. The van der Waals surface area contributed by atoms with Crippen LogP contribution in [-0.2, 0) is 6.42 Å². The number of hydrogen-bond acceptors (Lipinski definition) is 5. The van der Waals surface area contributed by atoms with Gasteiger partial charge in [0.1, 0.15) is 10.7 Å². The molecule has 2 aromatic rings. The van der Waals surface area contributed by atoms with Crippen LogP contribution in [0.5, 0.6) is 0 Å². The van der Waals surface area contributed by atoms with Crippen molar-refractivity contribution in [3.63, 3.8) is 0 Å². The Labute approximate surface area is 113 Å². The second kappa shape index (κ2) is 5.36. The van der Waals surface area contributed by atoms with Gasteiger partial charge in [0.05, 0.1) is 5.01 Å². The fraction of sp³-hybridized carbons (Fsp3) is 0.300. The van der Waals surface area contributed by atoms with Crippen molar-refractivity contribution >= 4 is 34.7 Å². The van der Waals surface area contributed by atoms with Gasteiger partial charge < -0.3 is 11.1 Å². The maximum absolute atomic E-state index is 11.7. The standard InChI is InChI=1S/C10H12ClN5OS/c1-5-4-18-6(14-5)2-3-13-10(17)8-7(11)9(12)16-15-8/h4H,2-3H2,1H3,(H,13,17)(H3,12,15,16). The van der Waals surface area contributed by atoms with Gasteiger partial charge in [0, 0.05) is 24.0 Å². The van der Waals surface area contributed by atoms with Crippen LogP contribution in [0.3, 0.4) is 0 Å². The Morgan fingerprint density at radius 3 is 3.00 bits per heavy atom. The number of carbonyl (C=O) groups excluding carboxylic acids is 1. The van der Waals surface area contributed by atoms with Crippen LogP contribution in [0.1, 0.15) is 21.2 Å². The Kier molecular flexibility index (Phi) is 3.83. The maximum atomic E-state index is 11.7. The van der Waals surface area contributed by atoms with Gasteiger partial charge in [-0.1, -0.05) is 11.6 Å². The van der Waals surface area contributed by atoms with Gasteiger partial charge in [-0.25, -0.2) is 4.98 Å². The molecule has 0 spiro atoms. The van der Waals surface area contributed by atoms with Crippen LogP contribution < -0.4 is 11.1 Å². The Morgan fingerprint density at radius 2 is 2.44 bits per heavy atom. The zero-order valence-corrected chi connectivity index (χ0v) is 11.2. The van der Waals surface area contributed by atoms with E-state index in [2.05, 4.69) is 20.5 Å². The predicted molar refractivity (Wildman–Crippen MR) is 70.9 cm³/mol. The zero-order valence-electron chi connectivity index (χ0n) is 9.66. The molecule has 1 amide bonds. The average molecular weight is 286 g/mol. The van der Waals surface area contributed by atoms with E-state index in [4.69, 9.17) is 17.3 Å². The number of aryl methyl sites for hydroxylation is 1. The highest BCUT2D eigenvalue weighted by atomic mass is 35.5. The molecule has 0 saturated heterocycles. The molecule has 0 saturated carbocycles. The van der Waals surface area contributed by atoms with E-state index in [1.165, 1.54) is 0 Å². The van der Waals surface area contributed by atoms with Gasteiger partial charge in [-0.15, -0.1) is 11.3 Å². The Morgan fingerprint density at radius 1 is 1.67 bits per heavy atom. The third kappa shape index (κ3) is 2.80. The van der Waals surface area contributed by atoms with Crippen LogP contribution in [0.4, 0.5) is 5.82 Å². The first-order valence-electron chi connectivity index (χ1n) is 5.26. The highest BCUT2D eigenvalue weighted by molar-refractivity contribution is 7.09. The molecule has 2 aromatic heterocycles. The van der Waals surface area contributed by atoms with E-state index in [1.807, 2.05) is 12.3 Å². The minimum atomic E-state index is -0.322.